The standard InChI is InChI=1S/C24H25N3O4/c1-3-15-31-21-12-6-18(7-13-21)16-25-26-23(28)22-5-4-14-27(24(22)29)17-19-8-10-20(30-2)11-9-19/h4-14,16H,3,15,17H2,1-2H3,(H,26,28)/b25-16-. The summed E-state index contributed by atoms with van der Waals surface area (Å²) in [7, 11) is 1.60. The Morgan fingerprint density at radius 1 is 1.06 bits per heavy atom. The smallest absolute Gasteiger partial charge is 0.276 e. The van der Waals surface area contributed by atoms with E-state index in [4.69, 9.17) is 9.47 Å². The molecule has 2 aromatic carbocycles. The molecule has 3 aromatic rings. The summed E-state index contributed by atoms with van der Waals surface area (Å²) in [6.07, 6.45) is 4.10. The normalized spacial score (nSPS) is 10.8. The van der Waals surface area contributed by atoms with Gasteiger partial charge < -0.3 is 14.0 Å². The first-order chi connectivity index (χ1) is 15.1. The Bertz CT molecular complexity index is 1090. The summed E-state index contributed by atoms with van der Waals surface area (Å²) in [6.45, 7) is 3.06. The lowest BCUT2D eigenvalue weighted by Crippen LogP contribution is -2.30. The van der Waals surface area contributed by atoms with E-state index in [9.17, 15) is 9.59 Å². The summed E-state index contributed by atoms with van der Waals surface area (Å²) in [4.78, 5) is 25.1. The first-order valence-corrected chi connectivity index (χ1v) is 9.99. The molecule has 0 radical (unpaired) electrons. The molecule has 0 aliphatic carbocycles. The first kappa shape index (κ1) is 21.8. The number of carbonyl (C=O) groups is 1. The largest absolute Gasteiger partial charge is 0.497 e. The van der Waals surface area contributed by atoms with Crippen molar-refractivity contribution in [2.75, 3.05) is 13.7 Å². The highest BCUT2D eigenvalue weighted by Gasteiger charge is 2.11. The van der Waals surface area contributed by atoms with Crippen LogP contribution in [0.1, 0.15) is 34.8 Å². The van der Waals surface area contributed by atoms with Gasteiger partial charge in [0.1, 0.15) is 17.1 Å². The molecule has 31 heavy (non-hydrogen) atoms. The van der Waals surface area contributed by atoms with Crippen LogP contribution >= 0.6 is 0 Å². The van der Waals surface area contributed by atoms with E-state index in [0.29, 0.717) is 13.2 Å². The number of rotatable bonds is 9. The maximum absolute atomic E-state index is 12.7. The third kappa shape index (κ3) is 6.05. The topological polar surface area (TPSA) is 81.9 Å². The monoisotopic (exact) mass is 419 g/mol. The lowest BCUT2D eigenvalue weighted by atomic mass is 10.2. The molecule has 0 saturated heterocycles. The first-order valence-electron chi connectivity index (χ1n) is 9.99. The number of aromatic nitrogens is 1. The fourth-order valence-electron chi connectivity index (χ4n) is 2.86. The van der Waals surface area contributed by atoms with Crippen LogP contribution < -0.4 is 20.5 Å². The van der Waals surface area contributed by atoms with Gasteiger partial charge in [-0.1, -0.05) is 19.1 Å². The van der Waals surface area contributed by atoms with E-state index in [1.807, 2.05) is 55.5 Å². The van der Waals surface area contributed by atoms with Gasteiger partial charge in [-0.2, -0.15) is 5.10 Å². The van der Waals surface area contributed by atoms with Gasteiger partial charge in [0, 0.05) is 6.20 Å². The van der Waals surface area contributed by atoms with E-state index in [1.165, 1.54) is 16.8 Å². The van der Waals surface area contributed by atoms with Crippen LogP contribution in [0.3, 0.4) is 0 Å². The molecule has 0 aliphatic rings. The summed E-state index contributed by atoms with van der Waals surface area (Å²) in [6, 6.07) is 17.9. The van der Waals surface area contributed by atoms with Crippen molar-refractivity contribution in [1.82, 2.24) is 9.99 Å². The Morgan fingerprint density at radius 3 is 2.45 bits per heavy atom. The average molecular weight is 419 g/mol. The molecule has 1 N–H and O–H groups in total. The van der Waals surface area contributed by atoms with Crippen LogP contribution in [0.2, 0.25) is 0 Å². The van der Waals surface area contributed by atoms with Crippen molar-refractivity contribution < 1.29 is 14.3 Å². The predicted molar refractivity (Wildman–Crippen MR) is 120 cm³/mol. The second-order valence-corrected chi connectivity index (χ2v) is 6.82. The zero-order valence-electron chi connectivity index (χ0n) is 17.6. The van der Waals surface area contributed by atoms with E-state index in [1.54, 1.807) is 19.4 Å². The van der Waals surface area contributed by atoms with Gasteiger partial charge in [-0.3, -0.25) is 9.59 Å². The van der Waals surface area contributed by atoms with Gasteiger partial charge in [0.05, 0.1) is 26.5 Å². The van der Waals surface area contributed by atoms with E-state index in [-0.39, 0.29) is 11.1 Å². The Labute approximate surface area is 180 Å². The second-order valence-electron chi connectivity index (χ2n) is 6.82. The van der Waals surface area contributed by atoms with Crippen LogP contribution in [0.4, 0.5) is 0 Å². The number of nitrogens with one attached hydrogen (secondary N) is 1. The van der Waals surface area contributed by atoms with Crippen molar-refractivity contribution in [3.8, 4) is 11.5 Å². The van der Waals surface area contributed by atoms with Gasteiger partial charge in [-0.25, -0.2) is 5.43 Å². The fraction of sp³-hybridized carbons (Fsp3) is 0.208. The van der Waals surface area contributed by atoms with E-state index in [0.717, 1.165) is 29.0 Å². The Kier molecular flexibility index (Phi) is 7.59. The highest BCUT2D eigenvalue weighted by atomic mass is 16.5. The number of benzene rings is 2. The molecule has 160 valence electrons. The van der Waals surface area contributed by atoms with Gasteiger partial charge in [0.25, 0.3) is 11.5 Å². The molecule has 0 unspecified atom stereocenters. The maximum Gasteiger partial charge on any atom is 0.276 e. The van der Waals surface area contributed by atoms with E-state index < -0.39 is 5.91 Å². The number of hydrogen-bond donors (Lipinski definition) is 1. The molecular formula is C24H25N3O4. The van der Waals surface area contributed by atoms with Crippen LogP contribution in [0.15, 0.2) is 76.8 Å². The molecule has 1 heterocycles. The molecular weight excluding hydrogens is 394 g/mol. The molecule has 0 atom stereocenters. The molecule has 0 spiro atoms. The molecule has 0 aliphatic heterocycles. The van der Waals surface area contributed by atoms with Gasteiger partial charge in [-0.15, -0.1) is 0 Å². The summed E-state index contributed by atoms with van der Waals surface area (Å²) < 4.78 is 12.2. The highest BCUT2D eigenvalue weighted by molar-refractivity contribution is 5.94. The van der Waals surface area contributed by atoms with Crippen LogP contribution in [-0.2, 0) is 6.54 Å². The van der Waals surface area contributed by atoms with Gasteiger partial charge >= 0.3 is 0 Å². The predicted octanol–water partition coefficient (Wildman–Crippen LogP) is 3.46. The summed E-state index contributed by atoms with van der Waals surface area (Å²) in [5, 5.41) is 3.96. The molecule has 0 fully saturated rings. The van der Waals surface area contributed by atoms with Crippen molar-refractivity contribution >= 4 is 12.1 Å². The van der Waals surface area contributed by atoms with Crippen LogP contribution in [0.5, 0.6) is 11.5 Å². The molecule has 0 saturated carbocycles. The van der Waals surface area contributed by atoms with Crippen molar-refractivity contribution in [2.45, 2.75) is 19.9 Å². The SMILES string of the molecule is CCCOc1ccc(/C=N\NC(=O)c2cccn(Cc3ccc(OC)cc3)c2=O)cc1. The van der Waals surface area contributed by atoms with E-state index in [2.05, 4.69) is 10.5 Å². The Balaban J connectivity index is 1.64. The summed E-state index contributed by atoms with van der Waals surface area (Å²) in [5.41, 5.74) is 3.77. The molecule has 0 bridgehead atoms. The van der Waals surface area contributed by atoms with Crippen LogP contribution in [0, 0.1) is 0 Å². The van der Waals surface area contributed by atoms with Crippen LogP contribution in [0.25, 0.3) is 0 Å². The third-order valence-corrected chi connectivity index (χ3v) is 4.51. The molecule has 7 nitrogen and oxygen atoms in total. The van der Waals surface area contributed by atoms with Crippen molar-refractivity contribution in [2.24, 2.45) is 5.10 Å². The maximum atomic E-state index is 12.7. The second kappa shape index (κ2) is 10.8. The third-order valence-electron chi connectivity index (χ3n) is 4.51. The number of carbonyl (C=O) groups excluding carboxylic acids is 1. The lowest BCUT2D eigenvalue weighted by Gasteiger charge is -2.08. The zero-order valence-corrected chi connectivity index (χ0v) is 17.6. The van der Waals surface area contributed by atoms with Crippen molar-refractivity contribution in [1.29, 1.82) is 0 Å². The van der Waals surface area contributed by atoms with Gasteiger partial charge in [-0.05, 0) is 66.1 Å². The molecule has 3 rings (SSSR count). The number of ether oxygens (including phenoxy) is 2. The minimum absolute atomic E-state index is 0.0245. The number of nitrogens with zero attached hydrogens (tertiary/aromatic N) is 2. The number of hydrazone groups is 1. The highest BCUT2D eigenvalue weighted by Crippen LogP contribution is 2.12. The molecule has 1 amide bonds. The number of methoxy groups -OCH3 is 1. The number of amides is 1. The minimum Gasteiger partial charge on any atom is -0.497 e. The number of pyridine rings is 1. The average Bonchev–Trinajstić information content (AvgIpc) is 2.80. The van der Waals surface area contributed by atoms with Crippen LogP contribution in [-0.4, -0.2) is 30.4 Å². The minimum atomic E-state index is -0.562. The van der Waals surface area contributed by atoms with Crippen molar-refractivity contribution in [3.63, 3.8) is 0 Å². The summed E-state index contributed by atoms with van der Waals surface area (Å²) >= 11 is 0. The molecule has 1 aromatic heterocycles. The quantitative estimate of drug-likeness (QED) is 0.425. The lowest BCUT2D eigenvalue weighted by molar-refractivity contribution is 0.0953. The Morgan fingerprint density at radius 2 is 1.77 bits per heavy atom. The van der Waals surface area contributed by atoms with Gasteiger partial charge in [0.2, 0.25) is 0 Å². The zero-order chi connectivity index (χ0) is 22.1. The summed E-state index contributed by atoms with van der Waals surface area (Å²) in [5.74, 6) is 0.961. The van der Waals surface area contributed by atoms with Gasteiger partial charge in [0.15, 0.2) is 0 Å². The molecule has 7 heteroatoms. The Hall–Kier alpha value is -3.87. The van der Waals surface area contributed by atoms with Crippen molar-refractivity contribution in [3.05, 3.63) is 93.9 Å². The fourth-order valence-corrected chi connectivity index (χ4v) is 2.86. The number of hydrogen-bond acceptors (Lipinski definition) is 5. The van der Waals surface area contributed by atoms with E-state index >= 15 is 0 Å².